The summed E-state index contributed by atoms with van der Waals surface area (Å²) in [5, 5.41) is -0.252. The lowest BCUT2D eigenvalue weighted by Gasteiger charge is -2.03. The third-order valence-corrected chi connectivity index (χ3v) is 2.19. The fourth-order valence-electron chi connectivity index (χ4n) is 0.702. The Balaban J connectivity index is 3.25. The van der Waals surface area contributed by atoms with Crippen LogP contribution in [0.3, 0.4) is 0 Å². The van der Waals surface area contributed by atoms with E-state index < -0.39 is 0 Å². The first-order chi connectivity index (χ1) is 4.66. The molecule has 0 fully saturated rings. The third-order valence-electron chi connectivity index (χ3n) is 1.25. The maximum atomic E-state index is 10.4. The van der Waals surface area contributed by atoms with E-state index >= 15 is 0 Å². The summed E-state index contributed by atoms with van der Waals surface area (Å²) in [4.78, 5) is 10.6. The van der Waals surface area contributed by atoms with Crippen molar-refractivity contribution in [2.24, 2.45) is 0 Å². The topological polar surface area (TPSA) is 17.1 Å². The van der Waals surface area contributed by atoms with Crippen molar-refractivity contribution < 1.29 is 4.79 Å². The number of hydrogen-bond acceptors (Lipinski definition) is 1. The Morgan fingerprint density at radius 1 is 1.70 bits per heavy atom. The Hall–Kier alpha value is 0.440. The predicted molar refractivity (Wildman–Crippen MR) is 47.7 cm³/mol. The molecule has 10 heavy (non-hydrogen) atoms. The summed E-state index contributed by atoms with van der Waals surface area (Å²) in [6.07, 6.45) is 3.80. The molecule has 0 amide bonds. The Morgan fingerprint density at radius 2 is 2.30 bits per heavy atom. The molecular weight excluding hydrogens is 215 g/mol. The quantitative estimate of drug-likeness (QED) is 0.521. The monoisotopic (exact) mass is 226 g/mol. The number of unbranched alkanes of at least 4 members (excludes halogenated alkanes) is 1. The van der Waals surface area contributed by atoms with Crippen LogP contribution in [0.15, 0.2) is 0 Å². The minimum atomic E-state index is -0.252. The van der Waals surface area contributed by atoms with Gasteiger partial charge in [-0.3, -0.25) is 4.79 Å². The molecule has 0 aliphatic heterocycles. The molecule has 0 aliphatic rings. The van der Waals surface area contributed by atoms with Crippen molar-refractivity contribution in [3.05, 3.63) is 0 Å². The summed E-state index contributed by atoms with van der Waals surface area (Å²) < 4.78 is 0. The summed E-state index contributed by atoms with van der Waals surface area (Å²) in [5.74, 6) is 0. The SMILES string of the molecule is CCCCC(Br)CC(=O)Cl. The molecule has 0 aliphatic carbocycles. The molecule has 0 bridgehead atoms. The van der Waals surface area contributed by atoms with Crippen LogP contribution in [0.4, 0.5) is 0 Å². The first-order valence-electron chi connectivity index (χ1n) is 3.49. The summed E-state index contributed by atoms with van der Waals surface area (Å²) in [6.45, 7) is 2.13. The van der Waals surface area contributed by atoms with Gasteiger partial charge in [0.1, 0.15) is 0 Å². The molecule has 0 N–H and O–H groups in total. The number of carbonyl (C=O) groups excluding carboxylic acids is 1. The molecule has 1 unspecified atom stereocenters. The fraction of sp³-hybridized carbons (Fsp3) is 0.857. The van der Waals surface area contributed by atoms with Gasteiger partial charge >= 0.3 is 0 Å². The first-order valence-corrected chi connectivity index (χ1v) is 4.78. The van der Waals surface area contributed by atoms with Crippen molar-refractivity contribution in [2.45, 2.75) is 37.4 Å². The Morgan fingerprint density at radius 3 is 2.70 bits per heavy atom. The second-order valence-corrected chi connectivity index (χ2v) is 4.02. The number of halogens is 2. The van der Waals surface area contributed by atoms with Crippen LogP contribution in [-0.4, -0.2) is 10.1 Å². The van der Waals surface area contributed by atoms with Crippen LogP contribution >= 0.6 is 27.5 Å². The molecule has 0 heterocycles. The summed E-state index contributed by atoms with van der Waals surface area (Å²) in [5.41, 5.74) is 0. The largest absolute Gasteiger partial charge is 0.281 e. The minimum absolute atomic E-state index is 0.252. The van der Waals surface area contributed by atoms with E-state index in [2.05, 4.69) is 22.9 Å². The summed E-state index contributed by atoms with van der Waals surface area (Å²) in [6, 6.07) is 0. The number of alkyl halides is 1. The number of carbonyl (C=O) groups is 1. The van der Waals surface area contributed by atoms with Gasteiger partial charge in [-0.15, -0.1) is 0 Å². The van der Waals surface area contributed by atoms with Crippen molar-refractivity contribution >= 4 is 32.8 Å². The van der Waals surface area contributed by atoms with Gasteiger partial charge in [0.15, 0.2) is 0 Å². The van der Waals surface area contributed by atoms with E-state index in [1.54, 1.807) is 0 Å². The van der Waals surface area contributed by atoms with Crippen LogP contribution in [0.1, 0.15) is 32.6 Å². The van der Waals surface area contributed by atoms with Gasteiger partial charge in [-0.05, 0) is 18.0 Å². The van der Waals surface area contributed by atoms with Crippen LogP contribution in [0.2, 0.25) is 0 Å². The van der Waals surface area contributed by atoms with Crippen LogP contribution in [0, 0.1) is 0 Å². The van der Waals surface area contributed by atoms with Crippen LogP contribution in [0.5, 0.6) is 0 Å². The van der Waals surface area contributed by atoms with Gasteiger partial charge in [-0.1, -0.05) is 35.7 Å². The van der Waals surface area contributed by atoms with Crippen molar-refractivity contribution in [2.75, 3.05) is 0 Å². The number of hydrogen-bond donors (Lipinski definition) is 0. The molecule has 0 radical (unpaired) electrons. The summed E-state index contributed by atoms with van der Waals surface area (Å²) in [7, 11) is 0. The zero-order valence-electron chi connectivity index (χ0n) is 6.07. The molecule has 0 aromatic heterocycles. The second-order valence-electron chi connectivity index (χ2n) is 2.30. The van der Waals surface area contributed by atoms with E-state index in [0.29, 0.717) is 6.42 Å². The van der Waals surface area contributed by atoms with E-state index in [1.807, 2.05) is 0 Å². The van der Waals surface area contributed by atoms with Crippen LogP contribution < -0.4 is 0 Å². The molecule has 0 rings (SSSR count). The lowest BCUT2D eigenvalue weighted by molar-refractivity contribution is -0.111. The molecule has 60 valence electrons. The molecule has 3 heteroatoms. The van der Waals surface area contributed by atoms with Gasteiger partial charge in [0, 0.05) is 11.2 Å². The Labute approximate surface area is 75.3 Å². The fourth-order valence-corrected chi connectivity index (χ4v) is 1.69. The normalized spacial score (nSPS) is 13.1. The van der Waals surface area contributed by atoms with E-state index in [9.17, 15) is 4.79 Å². The highest BCUT2D eigenvalue weighted by Gasteiger charge is 2.06. The summed E-state index contributed by atoms with van der Waals surface area (Å²) >= 11 is 8.56. The molecule has 0 saturated carbocycles. The van der Waals surface area contributed by atoms with Crippen LogP contribution in [0.25, 0.3) is 0 Å². The average molecular weight is 228 g/mol. The lowest BCUT2D eigenvalue weighted by atomic mass is 10.2. The maximum Gasteiger partial charge on any atom is 0.222 e. The van der Waals surface area contributed by atoms with Gasteiger partial charge in [0.2, 0.25) is 5.24 Å². The van der Waals surface area contributed by atoms with Crippen molar-refractivity contribution in [3.8, 4) is 0 Å². The highest BCUT2D eigenvalue weighted by molar-refractivity contribution is 9.09. The first kappa shape index (κ1) is 10.4. The van der Waals surface area contributed by atoms with Crippen LogP contribution in [-0.2, 0) is 4.79 Å². The smallest absolute Gasteiger partial charge is 0.222 e. The molecule has 1 atom stereocenters. The van der Waals surface area contributed by atoms with Crippen molar-refractivity contribution in [3.63, 3.8) is 0 Å². The van der Waals surface area contributed by atoms with Gasteiger partial charge < -0.3 is 0 Å². The van der Waals surface area contributed by atoms with Crippen molar-refractivity contribution in [1.82, 2.24) is 0 Å². The Bertz CT molecular complexity index is 106. The third kappa shape index (κ3) is 6.56. The lowest BCUT2D eigenvalue weighted by Crippen LogP contribution is -2.01. The predicted octanol–water partition coefficient (Wildman–Crippen LogP) is 3.10. The molecule has 0 saturated heterocycles. The molecular formula is C7H12BrClO. The van der Waals surface area contributed by atoms with E-state index in [-0.39, 0.29) is 10.1 Å². The van der Waals surface area contributed by atoms with E-state index in [1.165, 1.54) is 6.42 Å². The molecule has 0 aromatic rings. The average Bonchev–Trinajstić information content (AvgIpc) is 1.82. The molecule has 1 nitrogen and oxygen atoms in total. The molecule has 0 aromatic carbocycles. The highest BCUT2D eigenvalue weighted by atomic mass is 79.9. The number of rotatable bonds is 5. The zero-order chi connectivity index (χ0) is 7.98. The van der Waals surface area contributed by atoms with E-state index in [4.69, 9.17) is 11.6 Å². The molecule has 0 spiro atoms. The Kier molecular flexibility index (Phi) is 6.44. The standard InChI is InChI=1S/C7H12BrClO/c1-2-3-4-6(8)5-7(9)10/h6H,2-5H2,1H3. The van der Waals surface area contributed by atoms with Gasteiger partial charge in [-0.2, -0.15) is 0 Å². The van der Waals surface area contributed by atoms with Gasteiger partial charge in [-0.25, -0.2) is 0 Å². The van der Waals surface area contributed by atoms with E-state index in [0.717, 1.165) is 12.8 Å². The van der Waals surface area contributed by atoms with Gasteiger partial charge in [0.25, 0.3) is 0 Å². The highest BCUT2D eigenvalue weighted by Crippen LogP contribution is 2.14. The maximum absolute atomic E-state index is 10.4. The second kappa shape index (κ2) is 6.17. The minimum Gasteiger partial charge on any atom is -0.281 e. The zero-order valence-corrected chi connectivity index (χ0v) is 8.41. The van der Waals surface area contributed by atoms with Crippen molar-refractivity contribution in [1.29, 1.82) is 0 Å². The van der Waals surface area contributed by atoms with Gasteiger partial charge in [0.05, 0.1) is 0 Å².